The number of hydrogen-bond donors (Lipinski definition) is 3. The van der Waals surface area contributed by atoms with Crippen LogP contribution in [0.3, 0.4) is 0 Å². The highest BCUT2D eigenvalue weighted by molar-refractivity contribution is 6.03. The van der Waals surface area contributed by atoms with Crippen molar-refractivity contribution in [2.75, 3.05) is 25.6 Å². The molecular weight excluding hydrogens is 308 g/mol. The van der Waals surface area contributed by atoms with E-state index in [0.717, 1.165) is 35.1 Å². The van der Waals surface area contributed by atoms with Crippen molar-refractivity contribution in [1.82, 2.24) is 19.9 Å². The van der Waals surface area contributed by atoms with Gasteiger partial charge in [0, 0.05) is 12.3 Å². The van der Waals surface area contributed by atoms with Gasteiger partial charge in [0.05, 0.1) is 24.2 Å². The third kappa shape index (κ3) is 3.45. The van der Waals surface area contributed by atoms with Crippen LogP contribution in [0.1, 0.15) is 31.4 Å². The van der Waals surface area contributed by atoms with Gasteiger partial charge in [-0.25, -0.2) is 20.8 Å². The second-order valence-electron chi connectivity index (χ2n) is 5.77. The first-order chi connectivity index (χ1) is 11.7. The predicted molar refractivity (Wildman–Crippen MR) is 92.2 cm³/mol. The molecule has 0 aromatic carbocycles. The maximum atomic E-state index is 5.92. The molecule has 0 saturated heterocycles. The molecule has 0 amide bonds. The minimum absolute atomic E-state index is 0.360. The molecule has 24 heavy (non-hydrogen) atoms. The Morgan fingerprint density at radius 3 is 2.83 bits per heavy atom. The number of nitrogens with two attached hydrogens (primary N) is 2. The third-order valence-corrected chi connectivity index (χ3v) is 4.07. The Labute approximate surface area is 139 Å². The number of hydrogen-bond acceptors (Lipinski definition) is 7. The van der Waals surface area contributed by atoms with Gasteiger partial charge in [-0.3, -0.25) is 0 Å². The Hall–Kier alpha value is -2.29. The Balaban J connectivity index is 1.72. The number of nitrogen functional groups attached to an aromatic ring is 1. The standard InChI is InChI=1S/C16H22N6O2/c1-10(3-2-6-23-7-8-24-18)11-4-5-12-13(21-11)14-15(16(17)22-12)20-9-19-14/h4-5,9-10,21H,2-3,6-8,18H2,1H3,(H2,17,22). The number of nitrogens with one attached hydrogen (secondary N) is 1. The topological polar surface area (TPSA) is 125 Å². The van der Waals surface area contributed by atoms with Crippen molar-refractivity contribution in [3.8, 4) is 0 Å². The van der Waals surface area contributed by atoms with Gasteiger partial charge >= 0.3 is 0 Å². The number of pyridine rings is 2. The molecule has 1 unspecified atom stereocenters. The zero-order valence-corrected chi connectivity index (χ0v) is 13.7. The van der Waals surface area contributed by atoms with E-state index in [1.807, 2.05) is 12.1 Å². The van der Waals surface area contributed by atoms with E-state index in [0.29, 0.717) is 37.1 Å². The van der Waals surface area contributed by atoms with E-state index < -0.39 is 0 Å². The van der Waals surface area contributed by atoms with Gasteiger partial charge in [-0.15, -0.1) is 0 Å². The van der Waals surface area contributed by atoms with Crippen molar-refractivity contribution in [1.29, 1.82) is 0 Å². The van der Waals surface area contributed by atoms with Crippen LogP contribution in [-0.4, -0.2) is 39.8 Å². The van der Waals surface area contributed by atoms with Gasteiger partial charge in [-0.2, -0.15) is 0 Å². The average molecular weight is 330 g/mol. The smallest absolute Gasteiger partial charge is 0.152 e. The van der Waals surface area contributed by atoms with Crippen LogP contribution in [0.15, 0.2) is 18.5 Å². The lowest BCUT2D eigenvalue weighted by atomic mass is 10.0. The molecule has 3 aromatic rings. The Kier molecular flexibility index (Phi) is 5.19. The SMILES string of the molecule is CC(CCCOCCON)c1ccc2nc(N)c3ncnc3c2[nH]1. The molecule has 8 heteroatoms. The summed E-state index contributed by atoms with van der Waals surface area (Å²) in [6.45, 7) is 3.81. The second kappa shape index (κ2) is 7.52. The van der Waals surface area contributed by atoms with E-state index in [9.17, 15) is 0 Å². The lowest BCUT2D eigenvalue weighted by Gasteiger charge is -2.13. The molecule has 128 valence electrons. The summed E-state index contributed by atoms with van der Waals surface area (Å²) in [4.78, 5) is 20.8. The van der Waals surface area contributed by atoms with Crippen LogP contribution in [0.25, 0.3) is 22.1 Å². The fourth-order valence-electron chi connectivity index (χ4n) is 2.74. The predicted octanol–water partition coefficient (Wildman–Crippen LogP) is 1.88. The van der Waals surface area contributed by atoms with Gasteiger partial charge in [0.15, 0.2) is 5.82 Å². The number of imidazole rings is 1. The minimum Gasteiger partial charge on any atom is -0.382 e. The average Bonchev–Trinajstić information content (AvgIpc) is 3.08. The lowest BCUT2D eigenvalue weighted by Crippen LogP contribution is -2.09. The monoisotopic (exact) mass is 330 g/mol. The zero-order chi connectivity index (χ0) is 16.9. The van der Waals surface area contributed by atoms with Crippen LogP contribution in [-0.2, 0) is 9.57 Å². The van der Waals surface area contributed by atoms with Crippen LogP contribution in [0.4, 0.5) is 5.82 Å². The fraction of sp³-hybridized carbons (Fsp3) is 0.438. The van der Waals surface area contributed by atoms with E-state index in [4.69, 9.17) is 16.4 Å². The third-order valence-electron chi connectivity index (χ3n) is 4.07. The van der Waals surface area contributed by atoms with Crippen molar-refractivity contribution in [3.63, 3.8) is 0 Å². The molecule has 8 nitrogen and oxygen atoms in total. The molecule has 3 rings (SSSR count). The molecule has 0 fully saturated rings. The Morgan fingerprint density at radius 1 is 1.17 bits per heavy atom. The summed E-state index contributed by atoms with van der Waals surface area (Å²) in [5, 5.41) is 0. The number of ether oxygens (including phenoxy) is 1. The van der Waals surface area contributed by atoms with Crippen LogP contribution in [0.5, 0.6) is 0 Å². The molecule has 5 N–H and O–H groups in total. The van der Waals surface area contributed by atoms with Crippen molar-refractivity contribution in [2.24, 2.45) is 5.90 Å². The quantitative estimate of drug-likeness (QED) is 0.425. The maximum Gasteiger partial charge on any atom is 0.152 e. The molecule has 3 aromatic heterocycles. The Bertz CT molecular complexity index is 819. The summed E-state index contributed by atoms with van der Waals surface area (Å²) in [6, 6.07) is 4.02. The summed E-state index contributed by atoms with van der Waals surface area (Å²) >= 11 is 0. The molecular formula is C16H22N6O2. The van der Waals surface area contributed by atoms with Crippen molar-refractivity contribution in [3.05, 3.63) is 24.2 Å². The first-order valence-electron chi connectivity index (χ1n) is 7.99. The number of aromatic nitrogens is 4. The van der Waals surface area contributed by atoms with Gasteiger partial charge < -0.3 is 20.3 Å². The number of nitrogens with zero attached hydrogens (tertiary/aromatic N) is 3. The highest BCUT2D eigenvalue weighted by Gasteiger charge is 2.12. The number of aromatic amines is 1. The van der Waals surface area contributed by atoms with Crippen LogP contribution >= 0.6 is 0 Å². The largest absolute Gasteiger partial charge is 0.382 e. The first-order valence-corrected chi connectivity index (χ1v) is 7.99. The van der Waals surface area contributed by atoms with E-state index in [1.54, 1.807) is 0 Å². The second-order valence-corrected chi connectivity index (χ2v) is 5.77. The van der Waals surface area contributed by atoms with Crippen molar-refractivity contribution in [2.45, 2.75) is 25.7 Å². The molecule has 3 heterocycles. The molecule has 0 bridgehead atoms. The summed E-state index contributed by atoms with van der Waals surface area (Å²) < 4.78 is 5.43. The molecule has 0 aliphatic carbocycles. The fourth-order valence-corrected chi connectivity index (χ4v) is 2.74. The van der Waals surface area contributed by atoms with Gasteiger partial charge in [0.1, 0.15) is 17.4 Å². The molecule has 0 saturated carbocycles. The highest BCUT2D eigenvalue weighted by Crippen LogP contribution is 2.26. The first kappa shape index (κ1) is 16.6. The summed E-state index contributed by atoms with van der Waals surface area (Å²) in [6.07, 6.45) is 3.47. The molecule has 0 spiro atoms. The van der Waals surface area contributed by atoms with E-state index in [2.05, 4.69) is 31.7 Å². The van der Waals surface area contributed by atoms with E-state index in [-0.39, 0.29) is 0 Å². The summed E-state index contributed by atoms with van der Waals surface area (Å²) in [5.74, 6) is 5.71. The Morgan fingerprint density at radius 2 is 2.00 bits per heavy atom. The molecule has 0 aliphatic rings. The van der Waals surface area contributed by atoms with Gasteiger partial charge in [0.25, 0.3) is 0 Å². The van der Waals surface area contributed by atoms with Gasteiger partial charge in [0.2, 0.25) is 0 Å². The van der Waals surface area contributed by atoms with Gasteiger partial charge in [-0.1, -0.05) is 6.92 Å². The van der Waals surface area contributed by atoms with Gasteiger partial charge in [-0.05, 0) is 30.9 Å². The van der Waals surface area contributed by atoms with E-state index >= 15 is 0 Å². The van der Waals surface area contributed by atoms with E-state index in [1.165, 1.54) is 6.33 Å². The summed E-state index contributed by atoms with van der Waals surface area (Å²) in [7, 11) is 0. The summed E-state index contributed by atoms with van der Waals surface area (Å²) in [5.41, 5.74) is 10.1. The maximum absolute atomic E-state index is 5.92. The van der Waals surface area contributed by atoms with Crippen molar-refractivity contribution >= 4 is 27.9 Å². The molecule has 0 radical (unpaired) electrons. The minimum atomic E-state index is 0.360. The molecule has 1 atom stereocenters. The van der Waals surface area contributed by atoms with Crippen LogP contribution in [0, 0.1) is 0 Å². The number of anilines is 1. The van der Waals surface area contributed by atoms with Crippen LogP contribution in [0.2, 0.25) is 0 Å². The number of fused-ring (bicyclic) bond motifs is 3. The lowest BCUT2D eigenvalue weighted by molar-refractivity contribution is 0.0461. The number of H-pyrrole nitrogens is 1. The zero-order valence-electron chi connectivity index (χ0n) is 13.7. The normalized spacial score (nSPS) is 12.9. The van der Waals surface area contributed by atoms with Crippen molar-refractivity contribution < 1.29 is 9.57 Å². The molecule has 0 aliphatic heterocycles. The highest BCUT2D eigenvalue weighted by atomic mass is 16.6. The number of rotatable bonds is 8. The van der Waals surface area contributed by atoms with Crippen LogP contribution < -0.4 is 11.6 Å².